The number of benzene rings is 1. The number of carbonyl (C=O) groups excluding carboxylic acids is 3. The van der Waals surface area contributed by atoms with Crippen molar-refractivity contribution in [3.63, 3.8) is 0 Å². The van der Waals surface area contributed by atoms with Gasteiger partial charge in [0.05, 0.1) is 0 Å². The largest absolute Gasteiger partial charge is 0.322 e. The first-order chi connectivity index (χ1) is 15.1. The molecule has 1 spiro atoms. The molecule has 5 rings (SSSR count). The molecule has 0 aromatic heterocycles. The molecule has 3 heterocycles. The van der Waals surface area contributed by atoms with Gasteiger partial charge in [0.15, 0.2) is 0 Å². The average Bonchev–Trinajstić information content (AvgIpc) is 3.09. The molecule has 0 bridgehead atoms. The van der Waals surface area contributed by atoms with Crippen LogP contribution in [0.3, 0.4) is 0 Å². The van der Waals surface area contributed by atoms with Crippen molar-refractivity contribution in [2.24, 2.45) is 5.41 Å². The van der Waals surface area contributed by atoms with E-state index in [1.165, 1.54) is 44.1 Å². The highest BCUT2D eigenvalue weighted by molar-refractivity contribution is 6.05. The van der Waals surface area contributed by atoms with Gasteiger partial charge < -0.3 is 15.5 Å². The Hall–Kier alpha value is -2.25. The summed E-state index contributed by atoms with van der Waals surface area (Å²) in [6.07, 6.45) is 8.40. The fourth-order valence-corrected chi connectivity index (χ4v) is 6.11. The van der Waals surface area contributed by atoms with E-state index in [0.717, 1.165) is 25.2 Å². The molecule has 3 N–H and O–H groups in total. The van der Waals surface area contributed by atoms with Crippen LogP contribution in [0.25, 0.3) is 0 Å². The maximum atomic E-state index is 12.9. The monoisotopic (exact) mass is 424 g/mol. The Labute approximate surface area is 183 Å². The van der Waals surface area contributed by atoms with E-state index in [9.17, 15) is 14.4 Å². The Morgan fingerprint density at radius 1 is 1.10 bits per heavy atom. The van der Waals surface area contributed by atoms with Crippen LogP contribution in [0.15, 0.2) is 18.2 Å². The molecule has 7 heteroatoms. The Bertz CT molecular complexity index is 885. The van der Waals surface area contributed by atoms with Gasteiger partial charge in [0.1, 0.15) is 6.04 Å². The first-order valence-electron chi connectivity index (χ1n) is 11.8. The van der Waals surface area contributed by atoms with Crippen LogP contribution < -0.4 is 16.0 Å². The number of imide groups is 1. The highest BCUT2D eigenvalue weighted by atomic mass is 16.2. The molecular weight excluding hydrogens is 392 g/mol. The van der Waals surface area contributed by atoms with Crippen molar-refractivity contribution in [1.82, 2.24) is 20.9 Å². The molecule has 1 aromatic rings. The predicted octanol–water partition coefficient (Wildman–Crippen LogP) is 1.85. The Morgan fingerprint density at radius 2 is 1.97 bits per heavy atom. The molecule has 1 saturated carbocycles. The molecule has 0 radical (unpaired) electrons. The zero-order valence-corrected chi connectivity index (χ0v) is 18.0. The standard InChI is InChI=1S/C24H32N4O3/c29-21-8-7-19(22(30)27-21)28-14-17-12-16(5-6-18(17)23(28)31)13-26-20-4-1-2-9-24(20)10-3-11-25-15-24/h5-6,12,19-20,25-26H,1-4,7-11,13-15H2,(H,27,29,30). The van der Waals surface area contributed by atoms with E-state index in [2.05, 4.69) is 22.0 Å². The molecule has 3 unspecified atom stereocenters. The molecule has 3 atom stereocenters. The minimum atomic E-state index is -0.555. The first kappa shape index (κ1) is 20.6. The maximum absolute atomic E-state index is 12.9. The number of rotatable bonds is 4. The van der Waals surface area contributed by atoms with E-state index in [4.69, 9.17) is 0 Å². The summed E-state index contributed by atoms with van der Waals surface area (Å²) in [5.74, 6) is -0.723. The molecule has 3 fully saturated rings. The zero-order chi connectivity index (χ0) is 21.4. The molecular formula is C24H32N4O3. The smallest absolute Gasteiger partial charge is 0.255 e. The lowest BCUT2D eigenvalue weighted by Crippen LogP contribution is -2.54. The van der Waals surface area contributed by atoms with Crippen LogP contribution in [0.2, 0.25) is 0 Å². The van der Waals surface area contributed by atoms with Gasteiger partial charge in [-0.2, -0.15) is 0 Å². The van der Waals surface area contributed by atoms with Gasteiger partial charge in [-0.05, 0) is 61.3 Å². The van der Waals surface area contributed by atoms with Crippen molar-refractivity contribution in [3.8, 4) is 0 Å². The Kier molecular flexibility index (Phi) is 5.56. The van der Waals surface area contributed by atoms with Gasteiger partial charge in [-0.25, -0.2) is 0 Å². The lowest BCUT2D eigenvalue weighted by Gasteiger charge is -2.47. The maximum Gasteiger partial charge on any atom is 0.255 e. The summed E-state index contributed by atoms with van der Waals surface area (Å²) in [7, 11) is 0. The minimum absolute atomic E-state index is 0.108. The van der Waals surface area contributed by atoms with Gasteiger partial charge >= 0.3 is 0 Å². The summed E-state index contributed by atoms with van der Waals surface area (Å²) < 4.78 is 0. The molecule has 1 aromatic carbocycles. The zero-order valence-electron chi connectivity index (χ0n) is 18.0. The summed E-state index contributed by atoms with van der Waals surface area (Å²) in [5, 5.41) is 9.83. The molecule has 166 valence electrons. The lowest BCUT2D eigenvalue weighted by molar-refractivity contribution is -0.136. The van der Waals surface area contributed by atoms with Crippen molar-refractivity contribution in [3.05, 3.63) is 34.9 Å². The van der Waals surface area contributed by atoms with E-state index < -0.39 is 6.04 Å². The average molecular weight is 425 g/mol. The second-order valence-electron chi connectivity index (χ2n) is 9.71. The second-order valence-corrected chi connectivity index (χ2v) is 9.71. The molecule has 1 aliphatic carbocycles. The third-order valence-corrected chi connectivity index (χ3v) is 7.80. The van der Waals surface area contributed by atoms with Gasteiger partial charge in [0, 0.05) is 37.7 Å². The van der Waals surface area contributed by atoms with Crippen LogP contribution in [-0.2, 0) is 22.7 Å². The van der Waals surface area contributed by atoms with Crippen molar-refractivity contribution in [1.29, 1.82) is 0 Å². The number of hydrogen-bond donors (Lipinski definition) is 3. The van der Waals surface area contributed by atoms with Gasteiger partial charge in [0.25, 0.3) is 5.91 Å². The van der Waals surface area contributed by atoms with Crippen molar-refractivity contribution < 1.29 is 14.4 Å². The number of fused-ring (bicyclic) bond motifs is 1. The van der Waals surface area contributed by atoms with E-state index in [0.29, 0.717) is 30.0 Å². The van der Waals surface area contributed by atoms with Crippen molar-refractivity contribution in [2.75, 3.05) is 13.1 Å². The van der Waals surface area contributed by atoms with E-state index >= 15 is 0 Å². The highest BCUT2D eigenvalue weighted by Gasteiger charge is 2.41. The van der Waals surface area contributed by atoms with Gasteiger partial charge in [-0.1, -0.05) is 25.0 Å². The predicted molar refractivity (Wildman–Crippen MR) is 116 cm³/mol. The lowest BCUT2D eigenvalue weighted by atomic mass is 9.66. The van der Waals surface area contributed by atoms with Crippen LogP contribution >= 0.6 is 0 Å². The molecule has 3 amide bonds. The topological polar surface area (TPSA) is 90.5 Å². The molecule has 3 aliphatic heterocycles. The summed E-state index contributed by atoms with van der Waals surface area (Å²) in [6.45, 7) is 3.49. The van der Waals surface area contributed by atoms with Crippen LogP contribution in [0.5, 0.6) is 0 Å². The van der Waals surface area contributed by atoms with Gasteiger partial charge in [-0.15, -0.1) is 0 Å². The molecule has 7 nitrogen and oxygen atoms in total. The number of nitrogens with one attached hydrogen (secondary N) is 3. The summed E-state index contributed by atoms with van der Waals surface area (Å²) in [5.41, 5.74) is 3.22. The second kappa shape index (κ2) is 8.36. The van der Waals surface area contributed by atoms with Crippen molar-refractivity contribution in [2.45, 2.75) is 76.5 Å². The number of piperidine rings is 2. The van der Waals surface area contributed by atoms with Crippen LogP contribution in [0.4, 0.5) is 0 Å². The van der Waals surface area contributed by atoms with Crippen LogP contribution in [0.1, 0.15) is 72.9 Å². The fourth-order valence-electron chi connectivity index (χ4n) is 6.11. The normalized spacial score (nSPS) is 31.1. The molecule has 31 heavy (non-hydrogen) atoms. The quantitative estimate of drug-likeness (QED) is 0.642. The SMILES string of the molecule is O=C1CCC(N2Cc3cc(CNC4CCCCC45CCCNC5)ccc3C2=O)C(=O)N1. The molecule has 4 aliphatic rings. The minimum Gasteiger partial charge on any atom is -0.322 e. The van der Waals surface area contributed by atoms with Gasteiger partial charge in [0.2, 0.25) is 11.8 Å². The number of amides is 3. The number of carbonyl (C=O) groups is 3. The summed E-state index contributed by atoms with van der Waals surface area (Å²) in [4.78, 5) is 38.2. The van der Waals surface area contributed by atoms with E-state index in [1.54, 1.807) is 4.90 Å². The Morgan fingerprint density at radius 3 is 2.77 bits per heavy atom. The molecule has 2 saturated heterocycles. The van der Waals surface area contributed by atoms with Gasteiger partial charge in [-0.3, -0.25) is 19.7 Å². The first-order valence-corrected chi connectivity index (χ1v) is 11.8. The van der Waals surface area contributed by atoms with E-state index in [-0.39, 0.29) is 24.1 Å². The fraction of sp³-hybridized carbons (Fsp3) is 0.625. The number of hydrogen-bond acceptors (Lipinski definition) is 5. The Balaban J connectivity index is 1.26. The van der Waals surface area contributed by atoms with E-state index in [1.807, 2.05) is 12.1 Å². The number of nitrogens with zero attached hydrogens (tertiary/aromatic N) is 1. The third-order valence-electron chi connectivity index (χ3n) is 7.80. The third kappa shape index (κ3) is 3.89. The summed E-state index contributed by atoms with van der Waals surface area (Å²) >= 11 is 0. The highest BCUT2D eigenvalue weighted by Crippen LogP contribution is 2.41. The van der Waals surface area contributed by atoms with Crippen LogP contribution in [-0.4, -0.2) is 47.8 Å². The summed E-state index contributed by atoms with van der Waals surface area (Å²) in [6, 6.07) is 6.02. The van der Waals surface area contributed by atoms with Crippen LogP contribution in [0, 0.1) is 5.41 Å². The van der Waals surface area contributed by atoms with Crippen molar-refractivity contribution >= 4 is 17.7 Å².